The molecule has 5 heteroatoms. The third kappa shape index (κ3) is 2.37. The number of rotatable bonds is 4. The van der Waals surface area contributed by atoms with Gasteiger partial charge in [-0.05, 0) is 36.2 Å². The third-order valence-electron chi connectivity index (χ3n) is 2.98. The number of nitrogens with one attached hydrogen (secondary N) is 1. The molecule has 5 nitrogen and oxygen atoms in total. The number of hydrogen-bond donors (Lipinski definition) is 2. The van der Waals surface area contributed by atoms with E-state index < -0.39 is 0 Å². The average Bonchev–Trinajstić information content (AvgIpc) is 2.78. The molecular formula is C13H18N4O. The molecule has 18 heavy (non-hydrogen) atoms. The van der Waals surface area contributed by atoms with Crippen molar-refractivity contribution in [3.8, 4) is 5.75 Å². The monoisotopic (exact) mass is 246 g/mol. The second-order valence-electron chi connectivity index (χ2n) is 4.24. The molecule has 2 rings (SSSR count). The zero-order valence-electron chi connectivity index (χ0n) is 10.8. The van der Waals surface area contributed by atoms with Gasteiger partial charge in [-0.15, -0.1) is 0 Å². The number of aromatic nitrogens is 2. The van der Waals surface area contributed by atoms with Gasteiger partial charge in [-0.25, -0.2) is 5.43 Å². The third-order valence-corrected chi connectivity index (χ3v) is 2.98. The van der Waals surface area contributed by atoms with Crippen LogP contribution in [-0.4, -0.2) is 16.9 Å². The van der Waals surface area contributed by atoms with Gasteiger partial charge in [0, 0.05) is 13.2 Å². The maximum atomic E-state index is 5.66. The van der Waals surface area contributed by atoms with Crippen LogP contribution < -0.4 is 16.0 Å². The summed E-state index contributed by atoms with van der Waals surface area (Å²) in [4.78, 5) is 0. The maximum absolute atomic E-state index is 5.66. The van der Waals surface area contributed by atoms with Crippen molar-refractivity contribution in [1.82, 2.24) is 15.2 Å². The predicted molar refractivity (Wildman–Crippen MR) is 70.1 cm³/mol. The molecule has 0 saturated carbocycles. The number of benzene rings is 1. The molecule has 0 bridgehead atoms. The second kappa shape index (κ2) is 5.20. The lowest BCUT2D eigenvalue weighted by atomic mass is 9.99. The number of nitrogens with zero attached hydrogens (tertiary/aromatic N) is 2. The van der Waals surface area contributed by atoms with Crippen LogP contribution in [0, 0.1) is 6.92 Å². The Labute approximate surface area is 107 Å². The molecule has 1 heterocycles. The van der Waals surface area contributed by atoms with Crippen LogP contribution in [0.25, 0.3) is 0 Å². The summed E-state index contributed by atoms with van der Waals surface area (Å²) >= 11 is 0. The van der Waals surface area contributed by atoms with Crippen LogP contribution >= 0.6 is 0 Å². The van der Waals surface area contributed by atoms with E-state index in [2.05, 4.69) is 10.5 Å². The standard InChI is InChI=1S/C13H18N4O/c1-9-8-10(18-3)4-5-11(9)13(15-14)12-6-7-17(2)16-12/h4-8,13,15H,14H2,1-3H3. The molecule has 1 aromatic heterocycles. The van der Waals surface area contributed by atoms with Crippen molar-refractivity contribution in [2.24, 2.45) is 12.9 Å². The molecule has 0 radical (unpaired) electrons. The van der Waals surface area contributed by atoms with Gasteiger partial charge >= 0.3 is 0 Å². The molecule has 0 aliphatic rings. The number of ether oxygens (including phenoxy) is 1. The van der Waals surface area contributed by atoms with E-state index in [0.29, 0.717) is 0 Å². The van der Waals surface area contributed by atoms with Crippen LogP contribution in [0.15, 0.2) is 30.5 Å². The number of aryl methyl sites for hydroxylation is 2. The summed E-state index contributed by atoms with van der Waals surface area (Å²) in [6.07, 6.45) is 1.90. The van der Waals surface area contributed by atoms with E-state index in [-0.39, 0.29) is 6.04 Å². The number of hydrazine groups is 1. The zero-order chi connectivity index (χ0) is 13.1. The van der Waals surface area contributed by atoms with Gasteiger partial charge < -0.3 is 4.74 Å². The SMILES string of the molecule is COc1ccc(C(NN)c2ccn(C)n2)c(C)c1. The quantitative estimate of drug-likeness (QED) is 0.630. The largest absolute Gasteiger partial charge is 0.497 e. The van der Waals surface area contributed by atoms with Crippen molar-refractivity contribution in [2.45, 2.75) is 13.0 Å². The van der Waals surface area contributed by atoms with Crippen LogP contribution in [0.2, 0.25) is 0 Å². The Morgan fingerprint density at radius 3 is 2.67 bits per heavy atom. The fourth-order valence-electron chi connectivity index (χ4n) is 2.02. The first-order valence-electron chi connectivity index (χ1n) is 5.76. The van der Waals surface area contributed by atoms with Gasteiger partial charge in [0.1, 0.15) is 5.75 Å². The number of nitrogens with two attached hydrogens (primary N) is 1. The molecule has 3 N–H and O–H groups in total. The van der Waals surface area contributed by atoms with Crippen molar-refractivity contribution < 1.29 is 4.74 Å². The van der Waals surface area contributed by atoms with E-state index in [1.54, 1.807) is 11.8 Å². The first-order valence-corrected chi connectivity index (χ1v) is 5.76. The summed E-state index contributed by atoms with van der Waals surface area (Å²) in [7, 11) is 3.55. The highest BCUT2D eigenvalue weighted by atomic mass is 16.5. The van der Waals surface area contributed by atoms with E-state index in [4.69, 9.17) is 10.6 Å². The maximum Gasteiger partial charge on any atom is 0.119 e. The second-order valence-corrected chi connectivity index (χ2v) is 4.24. The van der Waals surface area contributed by atoms with Crippen molar-refractivity contribution in [3.05, 3.63) is 47.3 Å². The van der Waals surface area contributed by atoms with Crippen molar-refractivity contribution >= 4 is 0 Å². The Kier molecular flexibility index (Phi) is 3.64. The average molecular weight is 246 g/mol. The van der Waals surface area contributed by atoms with Gasteiger partial charge in [0.05, 0.1) is 18.8 Å². The molecule has 0 fully saturated rings. The van der Waals surface area contributed by atoms with Gasteiger partial charge in [-0.1, -0.05) is 6.07 Å². The summed E-state index contributed by atoms with van der Waals surface area (Å²) in [5.74, 6) is 6.50. The lowest BCUT2D eigenvalue weighted by Gasteiger charge is -2.17. The van der Waals surface area contributed by atoms with Crippen LogP contribution in [0.5, 0.6) is 5.75 Å². The van der Waals surface area contributed by atoms with E-state index in [0.717, 1.165) is 22.6 Å². The topological polar surface area (TPSA) is 65.1 Å². The molecule has 0 aliphatic carbocycles. The molecule has 0 amide bonds. The van der Waals surface area contributed by atoms with Gasteiger partial charge in [0.2, 0.25) is 0 Å². The molecule has 96 valence electrons. The Hall–Kier alpha value is -1.85. The fourth-order valence-corrected chi connectivity index (χ4v) is 2.02. The first-order chi connectivity index (χ1) is 8.65. The summed E-state index contributed by atoms with van der Waals surface area (Å²) in [6, 6.07) is 7.76. The highest BCUT2D eigenvalue weighted by molar-refractivity contribution is 5.39. The number of hydrogen-bond acceptors (Lipinski definition) is 4. The smallest absolute Gasteiger partial charge is 0.119 e. The van der Waals surface area contributed by atoms with Gasteiger partial charge in [0.15, 0.2) is 0 Å². The zero-order valence-corrected chi connectivity index (χ0v) is 10.8. The number of methoxy groups -OCH3 is 1. The highest BCUT2D eigenvalue weighted by Gasteiger charge is 2.17. The Bertz CT molecular complexity index is 536. The van der Waals surface area contributed by atoms with Crippen molar-refractivity contribution in [1.29, 1.82) is 0 Å². The molecule has 0 aliphatic heterocycles. The van der Waals surface area contributed by atoms with E-state index in [1.807, 2.05) is 44.4 Å². The minimum Gasteiger partial charge on any atom is -0.497 e. The fraction of sp³-hybridized carbons (Fsp3) is 0.308. The predicted octanol–water partition coefficient (Wildman–Crippen LogP) is 1.29. The van der Waals surface area contributed by atoms with Gasteiger partial charge in [-0.3, -0.25) is 10.5 Å². The molecule has 1 unspecified atom stereocenters. The van der Waals surface area contributed by atoms with E-state index in [1.165, 1.54) is 0 Å². The van der Waals surface area contributed by atoms with Crippen LogP contribution in [0.3, 0.4) is 0 Å². The van der Waals surface area contributed by atoms with Crippen LogP contribution in [0.4, 0.5) is 0 Å². The Morgan fingerprint density at radius 2 is 2.17 bits per heavy atom. The van der Waals surface area contributed by atoms with E-state index in [9.17, 15) is 0 Å². The molecule has 0 saturated heterocycles. The summed E-state index contributed by atoms with van der Waals surface area (Å²) in [6.45, 7) is 2.03. The Morgan fingerprint density at radius 1 is 1.39 bits per heavy atom. The molecule has 2 aromatic rings. The lowest BCUT2D eigenvalue weighted by Crippen LogP contribution is -2.29. The summed E-state index contributed by atoms with van der Waals surface area (Å²) in [5.41, 5.74) is 5.91. The molecular weight excluding hydrogens is 228 g/mol. The Balaban J connectivity index is 2.39. The summed E-state index contributed by atoms with van der Waals surface area (Å²) < 4.78 is 6.96. The van der Waals surface area contributed by atoms with E-state index >= 15 is 0 Å². The normalized spacial score (nSPS) is 12.4. The van der Waals surface area contributed by atoms with Crippen LogP contribution in [-0.2, 0) is 7.05 Å². The van der Waals surface area contributed by atoms with Crippen LogP contribution in [0.1, 0.15) is 22.9 Å². The summed E-state index contributed by atoms with van der Waals surface area (Å²) in [5, 5.41) is 4.38. The van der Waals surface area contributed by atoms with Gasteiger partial charge in [0.25, 0.3) is 0 Å². The van der Waals surface area contributed by atoms with Crippen molar-refractivity contribution in [3.63, 3.8) is 0 Å². The minimum absolute atomic E-state index is 0.114. The molecule has 1 aromatic carbocycles. The van der Waals surface area contributed by atoms with Gasteiger partial charge in [-0.2, -0.15) is 5.10 Å². The van der Waals surface area contributed by atoms with Crippen molar-refractivity contribution in [2.75, 3.05) is 7.11 Å². The first kappa shape index (κ1) is 12.6. The molecule has 0 spiro atoms. The highest BCUT2D eigenvalue weighted by Crippen LogP contribution is 2.26. The lowest BCUT2D eigenvalue weighted by molar-refractivity contribution is 0.414. The minimum atomic E-state index is -0.114. The molecule has 1 atom stereocenters.